The largest absolute Gasteiger partial charge is 0.362 e. The molecule has 11 heteroatoms. The highest BCUT2D eigenvalue weighted by molar-refractivity contribution is 7.90. The third-order valence-corrected chi connectivity index (χ3v) is 7.45. The van der Waals surface area contributed by atoms with Gasteiger partial charge in [-0.1, -0.05) is 24.3 Å². The molecular formula is C20H24N4O5S2. The highest BCUT2D eigenvalue weighted by Gasteiger charge is 2.20. The van der Waals surface area contributed by atoms with Gasteiger partial charge in [-0.15, -0.1) is 4.40 Å². The molecule has 0 unspecified atom stereocenters. The number of nitrogens with zero attached hydrogens (tertiary/aromatic N) is 2. The summed E-state index contributed by atoms with van der Waals surface area (Å²) in [6.45, 7) is 0.666. The molecule has 1 saturated heterocycles. The maximum atomic E-state index is 12.6. The van der Waals surface area contributed by atoms with E-state index in [0.717, 1.165) is 13.0 Å². The normalized spacial score (nSPS) is 15.9. The van der Waals surface area contributed by atoms with E-state index < -0.39 is 26.0 Å². The maximum absolute atomic E-state index is 12.6. The lowest BCUT2D eigenvalue weighted by Gasteiger charge is -2.11. The number of benzene rings is 2. The van der Waals surface area contributed by atoms with Gasteiger partial charge in [0.15, 0.2) is 0 Å². The maximum Gasteiger partial charge on any atom is 0.284 e. The Hall–Kier alpha value is -2.76. The molecule has 9 nitrogen and oxygen atoms in total. The molecule has 3 rings (SSSR count). The van der Waals surface area contributed by atoms with Crippen molar-refractivity contribution in [1.29, 1.82) is 0 Å². The van der Waals surface area contributed by atoms with E-state index in [1.54, 1.807) is 36.2 Å². The van der Waals surface area contributed by atoms with Crippen LogP contribution in [0.1, 0.15) is 19.3 Å². The monoisotopic (exact) mass is 464 g/mol. The summed E-state index contributed by atoms with van der Waals surface area (Å²) >= 11 is 0. The van der Waals surface area contributed by atoms with Crippen molar-refractivity contribution in [3.05, 3.63) is 54.6 Å². The number of nitrogens with one attached hydrogen (secondary N) is 2. The second-order valence-corrected chi connectivity index (χ2v) is 10.4. The molecule has 0 radical (unpaired) electrons. The first kappa shape index (κ1) is 22.9. The summed E-state index contributed by atoms with van der Waals surface area (Å²) < 4.78 is 55.8. The number of hydrogen-bond donors (Lipinski definition) is 2. The molecule has 1 aliphatic heterocycles. The molecule has 1 amide bonds. The zero-order chi connectivity index (χ0) is 22.5. The van der Waals surface area contributed by atoms with E-state index in [2.05, 4.69) is 14.4 Å². The van der Waals surface area contributed by atoms with E-state index in [-0.39, 0.29) is 28.4 Å². The number of anilines is 1. The van der Waals surface area contributed by atoms with Crippen molar-refractivity contribution in [3.8, 4) is 0 Å². The summed E-state index contributed by atoms with van der Waals surface area (Å²) in [6, 6.07) is 13.7. The summed E-state index contributed by atoms with van der Waals surface area (Å²) in [5, 5.41) is 2.59. The third kappa shape index (κ3) is 6.12. The molecule has 2 aromatic rings. The van der Waals surface area contributed by atoms with Gasteiger partial charge in [-0.05, 0) is 36.8 Å². The van der Waals surface area contributed by atoms with Crippen LogP contribution in [0, 0.1) is 0 Å². The topological polar surface area (TPSA) is 125 Å². The summed E-state index contributed by atoms with van der Waals surface area (Å²) in [5.41, 5.74) is 0.289. The summed E-state index contributed by atoms with van der Waals surface area (Å²) in [5.74, 6) is 0.0623. The molecule has 1 fully saturated rings. The minimum Gasteiger partial charge on any atom is -0.362 e. The second-order valence-electron chi connectivity index (χ2n) is 7.04. The Morgan fingerprint density at radius 2 is 1.74 bits per heavy atom. The Labute approximate surface area is 182 Å². The smallest absolute Gasteiger partial charge is 0.284 e. The van der Waals surface area contributed by atoms with Crippen molar-refractivity contribution >= 4 is 37.5 Å². The standard InChI is InChI=1S/C20H24N4O5S2/c1-24-14-6-11-19(24)23-31(28,29)18-10-5-7-16(15-18)22-20(25)12-13-21-30(26,27)17-8-3-2-4-9-17/h2-5,7-10,15,21H,6,11-14H2,1H3,(H,22,25)/b23-19+. The van der Waals surface area contributed by atoms with Crippen LogP contribution in [-0.4, -0.2) is 53.6 Å². The molecule has 0 saturated carbocycles. The lowest BCUT2D eigenvalue weighted by atomic mass is 10.3. The highest BCUT2D eigenvalue weighted by atomic mass is 32.2. The van der Waals surface area contributed by atoms with Crippen molar-refractivity contribution in [2.75, 3.05) is 25.5 Å². The zero-order valence-corrected chi connectivity index (χ0v) is 18.6. The van der Waals surface area contributed by atoms with Gasteiger partial charge in [0.25, 0.3) is 10.0 Å². The zero-order valence-electron chi connectivity index (χ0n) is 17.0. The SMILES string of the molecule is CN1CCC/C1=N\S(=O)(=O)c1cccc(NC(=O)CCNS(=O)(=O)c2ccccc2)c1. The van der Waals surface area contributed by atoms with Crippen LogP contribution in [0.25, 0.3) is 0 Å². The van der Waals surface area contributed by atoms with Crippen LogP contribution in [0.5, 0.6) is 0 Å². The second kappa shape index (κ2) is 9.58. The number of amides is 1. The minimum absolute atomic E-state index is 0.0251. The summed E-state index contributed by atoms with van der Waals surface area (Å²) in [4.78, 5) is 14.1. The van der Waals surface area contributed by atoms with Gasteiger partial charge in [-0.25, -0.2) is 13.1 Å². The number of carbonyl (C=O) groups excluding carboxylic acids is 1. The first-order valence-corrected chi connectivity index (χ1v) is 12.6. The van der Waals surface area contributed by atoms with Gasteiger partial charge in [0, 0.05) is 38.7 Å². The Bertz CT molecular complexity index is 1180. The Morgan fingerprint density at radius 1 is 1.03 bits per heavy atom. The van der Waals surface area contributed by atoms with Crippen molar-refractivity contribution in [3.63, 3.8) is 0 Å². The van der Waals surface area contributed by atoms with Gasteiger partial charge < -0.3 is 10.2 Å². The Kier molecular flexibility index (Phi) is 7.08. The van der Waals surface area contributed by atoms with Gasteiger partial charge in [0.1, 0.15) is 5.84 Å². The van der Waals surface area contributed by atoms with Gasteiger partial charge >= 0.3 is 0 Å². The van der Waals surface area contributed by atoms with Crippen LogP contribution in [-0.2, 0) is 24.8 Å². The van der Waals surface area contributed by atoms with Gasteiger partial charge in [0.05, 0.1) is 9.79 Å². The molecule has 0 aromatic heterocycles. The molecule has 0 spiro atoms. The molecule has 0 bridgehead atoms. The Morgan fingerprint density at radius 3 is 2.42 bits per heavy atom. The molecule has 0 atom stereocenters. The number of sulfonamides is 2. The van der Waals surface area contributed by atoms with Crippen LogP contribution in [0.3, 0.4) is 0 Å². The molecule has 166 valence electrons. The average Bonchev–Trinajstić information content (AvgIpc) is 3.12. The Balaban J connectivity index is 1.60. The minimum atomic E-state index is -3.90. The van der Waals surface area contributed by atoms with Crippen LogP contribution >= 0.6 is 0 Å². The predicted molar refractivity (Wildman–Crippen MR) is 118 cm³/mol. The lowest BCUT2D eigenvalue weighted by molar-refractivity contribution is -0.116. The van der Waals surface area contributed by atoms with E-state index in [1.807, 2.05) is 0 Å². The number of likely N-dealkylation sites (tertiary alicyclic amines) is 1. The lowest BCUT2D eigenvalue weighted by Crippen LogP contribution is -2.27. The van der Waals surface area contributed by atoms with Crippen LogP contribution in [0.2, 0.25) is 0 Å². The highest BCUT2D eigenvalue weighted by Crippen LogP contribution is 2.20. The van der Waals surface area contributed by atoms with Crippen molar-refractivity contribution in [2.45, 2.75) is 29.1 Å². The fourth-order valence-electron chi connectivity index (χ4n) is 3.04. The molecule has 0 aliphatic carbocycles. The number of carbonyl (C=O) groups is 1. The number of hydrogen-bond acceptors (Lipinski definition) is 5. The van der Waals surface area contributed by atoms with E-state index >= 15 is 0 Å². The summed E-state index contributed by atoms with van der Waals surface area (Å²) in [7, 11) is -5.80. The van der Waals surface area contributed by atoms with E-state index in [1.165, 1.54) is 30.3 Å². The van der Waals surface area contributed by atoms with Crippen molar-refractivity contribution in [1.82, 2.24) is 9.62 Å². The average molecular weight is 465 g/mol. The quantitative estimate of drug-likeness (QED) is 0.614. The number of amidine groups is 1. The van der Waals surface area contributed by atoms with Gasteiger partial charge in [0.2, 0.25) is 15.9 Å². The van der Waals surface area contributed by atoms with Crippen LogP contribution in [0.15, 0.2) is 68.8 Å². The number of rotatable bonds is 8. The third-order valence-electron chi connectivity index (χ3n) is 4.67. The summed E-state index contributed by atoms with van der Waals surface area (Å²) in [6.07, 6.45) is 1.34. The van der Waals surface area contributed by atoms with Crippen molar-refractivity contribution < 1.29 is 21.6 Å². The first-order chi connectivity index (χ1) is 14.7. The van der Waals surface area contributed by atoms with Gasteiger partial charge in [-0.2, -0.15) is 8.42 Å². The first-order valence-electron chi connectivity index (χ1n) is 9.67. The van der Waals surface area contributed by atoms with Gasteiger partial charge in [-0.3, -0.25) is 4.79 Å². The molecular weight excluding hydrogens is 440 g/mol. The van der Waals surface area contributed by atoms with E-state index in [4.69, 9.17) is 0 Å². The molecule has 31 heavy (non-hydrogen) atoms. The molecule has 2 aromatic carbocycles. The van der Waals surface area contributed by atoms with Crippen LogP contribution < -0.4 is 10.0 Å². The van der Waals surface area contributed by atoms with E-state index in [0.29, 0.717) is 12.3 Å². The molecule has 2 N–H and O–H groups in total. The van der Waals surface area contributed by atoms with Crippen molar-refractivity contribution in [2.24, 2.45) is 4.40 Å². The molecule has 1 heterocycles. The predicted octanol–water partition coefficient (Wildman–Crippen LogP) is 1.81. The molecule has 1 aliphatic rings. The van der Waals surface area contributed by atoms with Crippen LogP contribution in [0.4, 0.5) is 5.69 Å². The van der Waals surface area contributed by atoms with E-state index in [9.17, 15) is 21.6 Å². The fourth-order valence-corrected chi connectivity index (χ4v) is 5.23. The fraction of sp³-hybridized carbons (Fsp3) is 0.300.